The summed E-state index contributed by atoms with van der Waals surface area (Å²) in [5.41, 5.74) is 0.790. The maximum atomic E-state index is 11.4. The molecule has 1 aromatic heterocycles. The van der Waals surface area contributed by atoms with Gasteiger partial charge in [0.05, 0.1) is 15.2 Å². The lowest BCUT2D eigenvalue weighted by Gasteiger charge is -2.13. The number of carboxylic acids is 1. The first kappa shape index (κ1) is 12.7. The van der Waals surface area contributed by atoms with Crippen LogP contribution >= 0.6 is 11.3 Å². The van der Waals surface area contributed by atoms with E-state index in [2.05, 4.69) is 25.8 Å². The number of nitrogens with zero attached hydrogens (tertiary/aromatic N) is 1. The minimum Gasteiger partial charge on any atom is -0.475 e. The average molecular weight is 263 g/mol. The third kappa shape index (κ3) is 2.26. The Kier molecular flexibility index (Phi) is 2.94. The van der Waals surface area contributed by atoms with Gasteiger partial charge in [-0.15, -0.1) is 11.3 Å². The highest BCUT2D eigenvalue weighted by atomic mass is 32.1. The zero-order chi connectivity index (χ0) is 13.5. The van der Waals surface area contributed by atoms with Crippen molar-refractivity contribution < 1.29 is 14.7 Å². The van der Waals surface area contributed by atoms with Gasteiger partial charge in [0.1, 0.15) is 0 Å². The topological polar surface area (TPSA) is 67.3 Å². The smallest absolute Gasteiger partial charge is 0.377 e. The SMILES string of the molecule is CC(C)(C)c1nc2cc(C(=O)C(=O)O)ccc2s1. The molecule has 0 unspecified atom stereocenters. The van der Waals surface area contributed by atoms with Crippen LogP contribution in [0, 0.1) is 0 Å². The number of aromatic nitrogens is 1. The van der Waals surface area contributed by atoms with Crippen molar-refractivity contribution in [2.24, 2.45) is 0 Å². The van der Waals surface area contributed by atoms with Gasteiger partial charge in [-0.3, -0.25) is 4.79 Å². The van der Waals surface area contributed by atoms with E-state index in [0.29, 0.717) is 5.52 Å². The van der Waals surface area contributed by atoms with Gasteiger partial charge < -0.3 is 5.11 Å². The fraction of sp³-hybridized carbons (Fsp3) is 0.308. The molecule has 1 heterocycles. The van der Waals surface area contributed by atoms with Gasteiger partial charge in [-0.2, -0.15) is 0 Å². The quantitative estimate of drug-likeness (QED) is 0.668. The van der Waals surface area contributed by atoms with Crippen molar-refractivity contribution in [3.8, 4) is 0 Å². The minimum absolute atomic E-state index is 0.0549. The third-order valence-electron chi connectivity index (χ3n) is 2.49. The molecule has 0 aliphatic heterocycles. The van der Waals surface area contributed by atoms with Gasteiger partial charge in [0.15, 0.2) is 0 Å². The van der Waals surface area contributed by atoms with Crippen LogP contribution in [0.3, 0.4) is 0 Å². The molecule has 1 N–H and O–H groups in total. The Balaban J connectivity index is 2.53. The van der Waals surface area contributed by atoms with E-state index in [1.165, 1.54) is 12.1 Å². The van der Waals surface area contributed by atoms with Crippen LogP contribution in [0.5, 0.6) is 0 Å². The van der Waals surface area contributed by atoms with Crippen LogP contribution in [-0.2, 0) is 10.2 Å². The summed E-state index contributed by atoms with van der Waals surface area (Å²) >= 11 is 1.56. The predicted molar refractivity (Wildman–Crippen MR) is 70.3 cm³/mol. The molecule has 0 fully saturated rings. The van der Waals surface area contributed by atoms with E-state index in [-0.39, 0.29) is 11.0 Å². The number of Topliss-reactive ketones (excluding diaryl/α,β-unsaturated/α-hetero) is 1. The van der Waals surface area contributed by atoms with E-state index in [9.17, 15) is 9.59 Å². The van der Waals surface area contributed by atoms with Crippen molar-refractivity contribution in [1.29, 1.82) is 0 Å². The summed E-state index contributed by atoms with van der Waals surface area (Å²) in [4.78, 5) is 26.5. The zero-order valence-corrected chi connectivity index (χ0v) is 11.2. The van der Waals surface area contributed by atoms with E-state index in [1.54, 1.807) is 17.4 Å². The fourth-order valence-electron chi connectivity index (χ4n) is 1.51. The van der Waals surface area contributed by atoms with Gasteiger partial charge in [-0.05, 0) is 18.2 Å². The molecule has 1 aromatic carbocycles. The van der Waals surface area contributed by atoms with E-state index in [1.807, 2.05) is 0 Å². The number of hydrogen-bond donors (Lipinski definition) is 1. The van der Waals surface area contributed by atoms with E-state index >= 15 is 0 Å². The number of benzene rings is 1. The number of carboxylic acid groups (broad SMARTS) is 1. The molecule has 0 radical (unpaired) electrons. The van der Waals surface area contributed by atoms with Crippen LogP contribution in [0.15, 0.2) is 18.2 Å². The van der Waals surface area contributed by atoms with Gasteiger partial charge in [0.25, 0.3) is 5.78 Å². The summed E-state index contributed by atoms with van der Waals surface area (Å²) in [5, 5.41) is 9.64. The van der Waals surface area contributed by atoms with Crippen molar-refractivity contribution in [3.63, 3.8) is 0 Å². The van der Waals surface area contributed by atoms with Crippen LogP contribution in [0.1, 0.15) is 36.1 Å². The third-order valence-corrected chi connectivity index (χ3v) is 3.95. The van der Waals surface area contributed by atoms with Crippen molar-refractivity contribution in [2.45, 2.75) is 26.2 Å². The second-order valence-electron chi connectivity index (χ2n) is 5.09. The number of aliphatic carboxylic acids is 1. The highest BCUT2D eigenvalue weighted by molar-refractivity contribution is 7.18. The Hall–Kier alpha value is -1.75. The number of rotatable bonds is 2. The molecule has 4 nitrogen and oxygen atoms in total. The van der Waals surface area contributed by atoms with E-state index in [0.717, 1.165) is 9.71 Å². The van der Waals surface area contributed by atoms with Gasteiger partial charge in [0.2, 0.25) is 0 Å². The van der Waals surface area contributed by atoms with Crippen LogP contribution < -0.4 is 0 Å². The monoisotopic (exact) mass is 263 g/mol. The molecule has 0 aliphatic rings. The molecule has 0 saturated heterocycles. The highest BCUT2D eigenvalue weighted by Gasteiger charge is 2.20. The van der Waals surface area contributed by atoms with E-state index < -0.39 is 11.8 Å². The molecular weight excluding hydrogens is 250 g/mol. The standard InChI is InChI=1S/C13H13NO3S/c1-13(2,3)12-14-8-6-7(10(15)11(16)17)4-5-9(8)18-12/h4-6H,1-3H3,(H,16,17). The average Bonchev–Trinajstić information content (AvgIpc) is 2.69. The van der Waals surface area contributed by atoms with Gasteiger partial charge in [-0.1, -0.05) is 20.8 Å². The molecule has 0 atom stereocenters. The van der Waals surface area contributed by atoms with Gasteiger partial charge >= 0.3 is 5.97 Å². The number of carbonyl (C=O) groups excluding carboxylic acids is 1. The highest BCUT2D eigenvalue weighted by Crippen LogP contribution is 2.31. The summed E-state index contributed by atoms with van der Waals surface area (Å²) in [7, 11) is 0. The first-order valence-corrected chi connectivity index (χ1v) is 6.29. The fourth-order valence-corrected chi connectivity index (χ4v) is 2.52. The molecule has 0 spiro atoms. The Morgan fingerprint density at radius 1 is 1.28 bits per heavy atom. The maximum absolute atomic E-state index is 11.4. The Morgan fingerprint density at radius 3 is 2.50 bits per heavy atom. The van der Waals surface area contributed by atoms with Gasteiger partial charge in [-0.25, -0.2) is 9.78 Å². The van der Waals surface area contributed by atoms with Gasteiger partial charge in [0, 0.05) is 11.0 Å². The molecule has 0 saturated carbocycles. The summed E-state index contributed by atoms with van der Waals surface area (Å²) in [6, 6.07) is 4.82. The molecule has 18 heavy (non-hydrogen) atoms. The molecule has 2 aromatic rings. The molecule has 0 amide bonds. The molecule has 0 bridgehead atoms. The van der Waals surface area contributed by atoms with Crippen LogP contribution in [0.4, 0.5) is 0 Å². The van der Waals surface area contributed by atoms with Crippen LogP contribution in [0.2, 0.25) is 0 Å². The second kappa shape index (κ2) is 4.17. The molecular formula is C13H13NO3S. The number of ketones is 1. The molecule has 0 aliphatic carbocycles. The van der Waals surface area contributed by atoms with Crippen molar-refractivity contribution in [1.82, 2.24) is 4.98 Å². The van der Waals surface area contributed by atoms with E-state index in [4.69, 9.17) is 5.11 Å². The minimum atomic E-state index is -1.44. The maximum Gasteiger partial charge on any atom is 0.377 e. The number of carbonyl (C=O) groups is 2. The Bertz CT molecular complexity index is 637. The van der Waals surface area contributed by atoms with Crippen LogP contribution in [-0.4, -0.2) is 21.8 Å². The lowest BCUT2D eigenvalue weighted by atomic mass is 9.98. The number of thiazole rings is 1. The van der Waals surface area contributed by atoms with Crippen molar-refractivity contribution in [2.75, 3.05) is 0 Å². The lowest BCUT2D eigenvalue weighted by Crippen LogP contribution is -2.12. The largest absolute Gasteiger partial charge is 0.475 e. The second-order valence-corrected chi connectivity index (χ2v) is 6.12. The lowest BCUT2D eigenvalue weighted by molar-refractivity contribution is -0.131. The van der Waals surface area contributed by atoms with Crippen molar-refractivity contribution in [3.05, 3.63) is 28.8 Å². The summed E-state index contributed by atoms with van der Waals surface area (Å²) in [6.45, 7) is 6.19. The van der Waals surface area contributed by atoms with Crippen molar-refractivity contribution >= 4 is 33.3 Å². The zero-order valence-electron chi connectivity index (χ0n) is 10.4. The predicted octanol–water partition coefficient (Wildman–Crippen LogP) is 2.86. The number of fused-ring (bicyclic) bond motifs is 1. The Labute approximate surface area is 108 Å². The summed E-state index contributed by atoms with van der Waals surface area (Å²) in [6.07, 6.45) is 0. The molecule has 5 heteroatoms. The Morgan fingerprint density at radius 2 is 1.94 bits per heavy atom. The first-order valence-electron chi connectivity index (χ1n) is 5.48. The van der Waals surface area contributed by atoms with Crippen LogP contribution in [0.25, 0.3) is 10.2 Å². The summed E-state index contributed by atoms with van der Waals surface area (Å²) in [5.74, 6) is -2.34. The number of hydrogen-bond acceptors (Lipinski definition) is 4. The molecule has 2 rings (SSSR count). The summed E-state index contributed by atoms with van der Waals surface area (Å²) < 4.78 is 0.960. The normalized spacial score (nSPS) is 11.7. The first-order chi connectivity index (χ1) is 8.29. The molecule has 94 valence electrons.